The first kappa shape index (κ1) is 9.64. The van der Waals surface area contributed by atoms with Gasteiger partial charge < -0.3 is 10.1 Å². The zero-order valence-electron chi connectivity index (χ0n) is 5.90. The Kier molecular flexibility index (Phi) is 3.91. The van der Waals surface area contributed by atoms with Gasteiger partial charge in [-0.25, -0.2) is 0 Å². The van der Waals surface area contributed by atoms with E-state index >= 15 is 0 Å². The predicted molar refractivity (Wildman–Crippen MR) is 43.8 cm³/mol. The largest absolute Gasteiger partial charge is 0.521 e. The third-order valence-electron chi connectivity index (χ3n) is 1.09. The maximum Gasteiger partial charge on any atom is 0.521 e. The summed E-state index contributed by atoms with van der Waals surface area (Å²) in [5, 5.41) is 20.1. The molecule has 0 heterocycles. The van der Waals surface area contributed by atoms with E-state index < -0.39 is 7.05 Å². The fraction of sp³-hybridized carbons (Fsp3) is 0. The van der Waals surface area contributed by atoms with E-state index in [2.05, 4.69) is 18.2 Å². The number of aliphatic hydroxyl groups is 1. The summed E-state index contributed by atoms with van der Waals surface area (Å²) in [6.45, 7) is 6.51. The molecule has 0 amide bonds. The van der Waals surface area contributed by atoms with Crippen molar-refractivity contribution in [1.29, 1.82) is 0 Å². The molecule has 58 valence electrons. The molecule has 0 bridgehead atoms. The molecule has 11 heavy (non-hydrogen) atoms. The van der Waals surface area contributed by atoms with Gasteiger partial charge in [-0.15, -0.1) is 0 Å². The molecule has 0 aliphatic rings. The molecular weight excluding hydrogens is 145 g/mol. The smallest absolute Gasteiger partial charge is 0.508 e. The van der Waals surface area contributed by atoms with Gasteiger partial charge in [-0.2, -0.15) is 4.91 Å². The number of hydrogen-bond donors (Lipinski definition) is 2. The van der Waals surface area contributed by atoms with E-state index in [-0.39, 0.29) is 11.2 Å². The zero-order chi connectivity index (χ0) is 8.85. The molecule has 0 aromatic rings. The number of rotatable bonds is 4. The standard InChI is InChI=1S/C6H8BNO3/c1-3-5(6(9)4-2)7(10)8-11/h3-4,9-10H,1-2H2/b6-5-. The van der Waals surface area contributed by atoms with Crippen LogP contribution in [-0.4, -0.2) is 17.2 Å². The second-order valence-corrected chi connectivity index (χ2v) is 1.73. The first-order valence-corrected chi connectivity index (χ1v) is 2.86. The van der Waals surface area contributed by atoms with Crippen LogP contribution in [0, 0.1) is 4.91 Å². The fourth-order valence-electron chi connectivity index (χ4n) is 0.517. The molecule has 0 aliphatic heterocycles. The molecule has 0 aromatic heterocycles. The Morgan fingerprint density at radius 2 is 2.00 bits per heavy atom. The van der Waals surface area contributed by atoms with E-state index in [0.29, 0.717) is 0 Å². The Balaban J connectivity index is 4.77. The Morgan fingerprint density at radius 1 is 1.45 bits per heavy atom. The molecule has 0 unspecified atom stereocenters. The molecule has 0 saturated carbocycles. The summed E-state index contributed by atoms with van der Waals surface area (Å²) in [4.78, 5) is 9.80. The molecule has 0 saturated heterocycles. The number of nitrogens with zero attached hydrogens (tertiary/aromatic N) is 1. The highest BCUT2D eigenvalue weighted by molar-refractivity contribution is 6.58. The van der Waals surface area contributed by atoms with Crippen molar-refractivity contribution < 1.29 is 10.1 Å². The average Bonchev–Trinajstić information content (AvgIpc) is 2.05. The first-order chi connectivity index (χ1) is 5.17. The van der Waals surface area contributed by atoms with Crippen molar-refractivity contribution in [1.82, 2.24) is 0 Å². The van der Waals surface area contributed by atoms with Crippen molar-refractivity contribution in [2.75, 3.05) is 0 Å². The quantitative estimate of drug-likeness (QED) is 0.273. The maximum atomic E-state index is 9.80. The molecular formula is C6H8BNO3. The Labute approximate surface area is 64.7 Å². The molecule has 0 spiro atoms. The summed E-state index contributed by atoms with van der Waals surface area (Å²) in [6, 6.07) is 0. The summed E-state index contributed by atoms with van der Waals surface area (Å²) in [5.74, 6) is -0.299. The molecule has 0 radical (unpaired) electrons. The predicted octanol–water partition coefficient (Wildman–Crippen LogP) is 0.957. The molecule has 4 nitrogen and oxygen atoms in total. The molecule has 5 heteroatoms. The van der Waals surface area contributed by atoms with Gasteiger partial charge in [0.05, 0.1) is 0 Å². The van der Waals surface area contributed by atoms with Crippen LogP contribution in [0.1, 0.15) is 0 Å². The van der Waals surface area contributed by atoms with Crippen LogP contribution in [-0.2, 0) is 0 Å². The number of aliphatic hydroxyl groups excluding tert-OH is 1. The van der Waals surface area contributed by atoms with Gasteiger partial charge in [-0.05, 0) is 6.08 Å². The van der Waals surface area contributed by atoms with Crippen LogP contribution >= 0.6 is 0 Å². The monoisotopic (exact) mass is 153 g/mol. The number of nitroso groups, excluding NO2 is 1. The van der Waals surface area contributed by atoms with Gasteiger partial charge in [0.15, 0.2) is 0 Å². The summed E-state index contributed by atoms with van der Waals surface area (Å²) in [6.07, 6.45) is 2.23. The second-order valence-electron chi connectivity index (χ2n) is 1.73. The highest BCUT2D eigenvalue weighted by atomic mass is 16.3. The van der Waals surface area contributed by atoms with Gasteiger partial charge in [-0.1, -0.05) is 24.3 Å². The third kappa shape index (κ3) is 2.39. The van der Waals surface area contributed by atoms with Crippen LogP contribution in [0.15, 0.2) is 41.6 Å². The van der Waals surface area contributed by atoms with E-state index in [0.717, 1.165) is 12.2 Å². The van der Waals surface area contributed by atoms with E-state index in [1.807, 2.05) is 0 Å². The van der Waals surface area contributed by atoms with E-state index in [1.54, 1.807) is 0 Å². The highest BCUT2D eigenvalue weighted by Crippen LogP contribution is 2.06. The van der Waals surface area contributed by atoms with Crippen molar-refractivity contribution in [3.8, 4) is 0 Å². The van der Waals surface area contributed by atoms with E-state index in [4.69, 9.17) is 10.1 Å². The molecule has 0 atom stereocenters. The summed E-state index contributed by atoms with van der Waals surface area (Å²) in [5.41, 5.74) is -0.0463. The lowest BCUT2D eigenvalue weighted by Gasteiger charge is -1.98. The van der Waals surface area contributed by atoms with Crippen molar-refractivity contribution in [3.63, 3.8) is 0 Å². The topological polar surface area (TPSA) is 69.9 Å². The minimum atomic E-state index is -1.58. The third-order valence-corrected chi connectivity index (χ3v) is 1.09. The van der Waals surface area contributed by atoms with E-state index in [1.165, 1.54) is 0 Å². The average molecular weight is 153 g/mol. The van der Waals surface area contributed by atoms with Crippen LogP contribution in [0.5, 0.6) is 0 Å². The SMILES string of the molecule is C=C/C(O)=C(\C=C)B(O)N=O. The second kappa shape index (κ2) is 4.46. The van der Waals surface area contributed by atoms with Gasteiger partial charge in [-0.3, -0.25) is 0 Å². The molecule has 0 aromatic carbocycles. The van der Waals surface area contributed by atoms with Crippen molar-refractivity contribution in [2.45, 2.75) is 0 Å². The van der Waals surface area contributed by atoms with Gasteiger partial charge in [0.2, 0.25) is 0 Å². The number of hydrogen-bond acceptors (Lipinski definition) is 4. The van der Waals surface area contributed by atoms with Gasteiger partial charge in [0.1, 0.15) is 5.76 Å². The lowest BCUT2D eigenvalue weighted by atomic mass is 9.74. The minimum Gasteiger partial charge on any atom is -0.508 e. The van der Waals surface area contributed by atoms with Gasteiger partial charge in [0.25, 0.3) is 0 Å². The lowest BCUT2D eigenvalue weighted by molar-refractivity contribution is 0.428. The highest BCUT2D eigenvalue weighted by Gasteiger charge is 2.19. The van der Waals surface area contributed by atoms with Crippen molar-refractivity contribution in [3.05, 3.63) is 41.4 Å². The first-order valence-electron chi connectivity index (χ1n) is 2.86. The van der Waals surface area contributed by atoms with Crippen LogP contribution in [0.2, 0.25) is 0 Å². The van der Waals surface area contributed by atoms with Crippen molar-refractivity contribution in [2.24, 2.45) is 5.09 Å². The summed E-state index contributed by atoms with van der Waals surface area (Å²) in [7, 11) is -1.58. The summed E-state index contributed by atoms with van der Waals surface area (Å²) < 4.78 is 0. The zero-order valence-corrected chi connectivity index (χ0v) is 5.90. The molecule has 0 fully saturated rings. The van der Waals surface area contributed by atoms with Gasteiger partial charge >= 0.3 is 7.05 Å². The molecule has 0 rings (SSSR count). The minimum absolute atomic E-state index is 0.0463. The molecule has 2 N–H and O–H groups in total. The fourth-order valence-corrected chi connectivity index (χ4v) is 0.517. The van der Waals surface area contributed by atoms with E-state index in [9.17, 15) is 4.91 Å². The Bertz CT molecular complexity index is 212. The van der Waals surface area contributed by atoms with Crippen LogP contribution in [0.3, 0.4) is 0 Å². The normalized spacial score (nSPS) is 11.4. The van der Waals surface area contributed by atoms with Crippen LogP contribution in [0.25, 0.3) is 0 Å². The van der Waals surface area contributed by atoms with Crippen molar-refractivity contribution >= 4 is 7.05 Å². The summed E-state index contributed by atoms with van der Waals surface area (Å²) >= 11 is 0. The lowest BCUT2D eigenvalue weighted by Crippen LogP contribution is -2.12. The molecule has 0 aliphatic carbocycles. The number of allylic oxidation sites excluding steroid dienone is 3. The Morgan fingerprint density at radius 3 is 2.27 bits per heavy atom. The Hall–Kier alpha value is -1.36. The van der Waals surface area contributed by atoms with Crippen LogP contribution < -0.4 is 0 Å². The maximum absolute atomic E-state index is 9.80. The van der Waals surface area contributed by atoms with Crippen LogP contribution in [0.4, 0.5) is 0 Å². The van der Waals surface area contributed by atoms with Gasteiger partial charge in [0, 0.05) is 5.47 Å².